The lowest BCUT2D eigenvalue weighted by Crippen LogP contribution is -1.96. The van der Waals surface area contributed by atoms with Gasteiger partial charge in [-0.05, 0) is 19.1 Å². The Bertz CT molecular complexity index is 419. The SMILES string of the molecule is Cc1c(F)cc(S(=O)(=O)Cl)cc1F. The molecule has 0 heterocycles. The van der Waals surface area contributed by atoms with E-state index < -0.39 is 25.6 Å². The van der Waals surface area contributed by atoms with Crippen LogP contribution in [-0.2, 0) is 9.05 Å². The number of halogens is 3. The molecule has 0 fully saturated rings. The molecule has 0 saturated carbocycles. The normalized spacial score (nSPS) is 11.7. The third kappa shape index (κ3) is 2.16. The van der Waals surface area contributed by atoms with E-state index in [1.54, 1.807) is 0 Å². The topological polar surface area (TPSA) is 34.1 Å². The van der Waals surface area contributed by atoms with E-state index >= 15 is 0 Å². The molecule has 0 aliphatic heterocycles. The Balaban J connectivity index is 3.47. The van der Waals surface area contributed by atoms with E-state index in [0.29, 0.717) is 12.1 Å². The van der Waals surface area contributed by atoms with Gasteiger partial charge >= 0.3 is 0 Å². The minimum Gasteiger partial charge on any atom is -0.207 e. The smallest absolute Gasteiger partial charge is 0.207 e. The largest absolute Gasteiger partial charge is 0.261 e. The van der Waals surface area contributed by atoms with Gasteiger partial charge < -0.3 is 0 Å². The minimum absolute atomic E-state index is 0.232. The maximum atomic E-state index is 12.8. The first-order valence-corrected chi connectivity index (χ1v) is 5.53. The van der Waals surface area contributed by atoms with Crippen molar-refractivity contribution < 1.29 is 17.2 Å². The number of hydrogen-bond donors (Lipinski definition) is 0. The van der Waals surface area contributed by atoms with Crippen LogP contribution in [0.2, 0.25) is 0 Å². The van der Waals surface area contributed by atoms with Crippen LogP contribution in [0, 0.1) is 18.6 Å². The average molecular weight is 227 g/mol. The van der Waals surface area contributed by atoms with E-state index in [1.807, 2.05) is 0 Å². The summed E-state index contributed by atoms with van der Waals surface area (Å²) in [6.07, 6.45) is 0. The van der Waals surface area contributed by atoms with Crippen LogP contribution in [-0.4, -0.2) is 8.42 Å². The van der Waals surface area contributed by atoms with E-state index in [4.69, 9.17) is 10.7 Å². The second kappa shape index (κ2) is 3.23. The van der Waals surface area contributed by atoms with Gasteiger partial charge in [-0.3, -0.25) is 0 Å². The fourth-order valence-electron chi connectivity index (χ4n) is 0.763. The lowest BCUT2D eigenvalue weighted by atomic mass is 10.2. The van der Waals surface area contributed by atoms with Crippen LogP contribution in [0.25, 0.3) is 0 Å². The van der Waals surface area contributed by atoms with Gasteiger partial charge in [0, 0.05) is 16.2 Å². The van der Waals surface area contributed by atoms with Crippen molar-refractivity contribution in [3.05, 3.63) is 29.3 Å². The van der Waals surface area contributed by atoms with Crippen LogP contribution in [0.4, 0.5) is 8.78 Å². The molecule has 0 aliphatic rings. The molecular weight excluding hydrogens is 222 g/mol. The van der Waals surface area contributed by atoms with Crippen LogP contribution in [0.15, 0.2) is 17.0 Å². The average Bonchev–Trinajstić information content (AvgIpc) is 1.97. The Morgan fingerprint density at radius 2 is 1.62 bits per heavy atom. The van der Waals surface area contributed by atoms with Crippen LogP contribution < -0.4 is 0 Å². The van der Waals surface area contributed by atoms with E-state index in [2.05, 4.69) is 0 Å². The maximum absolute atomic E-state index is 12.8. The summed E-state index contributed by atoms with van der Waals surface area (Å²) in [6, 6.07) is 1.36. The molecule has 1 rings (SSSR count). The molecule has 1 aromatic rings. The highest BCUT2D eigenvalue weighted by atomic mass is 35.7. The molecule has 13 heavy (non-hydrogen) atoms. The monoisotopic (exact) mass is 226 g/mol. The number of rotatable bonds is 1. The number of benzene rings is 1. The molecule has 6 heteroatoms. The summed E-state index contributed by atoms with van der Waals surface area (Å²) in [5, 5.41) is 0. The maximum Gasteiger partial charge on any atom is 0.261 e. The zero-order valence-electron chi connectivity index (χ0n) is 6.51. The molecule has 0 aromatic heterocycles. The predicted octanol–water partition coefficient (Wildman–Crippen LogP) is 2.20. The summed E-state index contributed by atoms with van der Waals surface area (Å²) >= 11 is 0. The highest BCUT2D eigenvalue weighted by Gasteiger charge is 2.15. The van der Waals surface area contributed by atoms with Crippen LogP contribution in [0.3, 0.4) is 0 Å². The highest BCUT2D eigenvalue weighted by molar-refractivity contribution is 8.13. The fraction of sp³-hybridized carbons (Fsp3) is 0.143. The molecule has 0 amide bonds. The lowest BCUT2D eigenvalue weighted by molar-refractivity contribution is 0.557. The van der Waals surface area contributed by atoms with Crippen molar-refractivity contribution in [3.63, 3.8) is 0 Å². The molecule has 0 aliphatic carbocycles. The van der Waals surface area contributed by atoms with Gasteiger partial charge in [0.15, 0.2) is 0 Å². The van der Waals surface area contributed by atoms with E-state index in [9.17, 15) is 17.2 Å². The minimum atomic E-state index is -4.07. The van der Waals surface area contributed by atoms with Crippen molar-refractivity contribution in [3.8, 4) is 0 Å². The first kappa shape index (κ1) is 10.4. The Morgan fingerprint density at radius 3 is 1.92 bits per heavy atom. The van der Waals surface area contributed by atoms with Crippen molar-refractivity contribution >= 4 is 19.7 Å². The summed E-state index contributed by atoms with van der Waals surface area (Å²) in [5.41, 5.74) is -0.232. The van der Waals surface area contributed by atoms with E-state index in [1.165, 1.54) is 6.92 Å². The van der Waals surface area contributed by atoms with Gasteiger partial charge in [-0.15, -0.1) is 0 Å². The van der Waals surface area contributed by atoms with Crippen molar-refractivity contribution in [1.82, 2.24) is 0 Å². The van der Waals surface area contributed by atoms with Crippen molar-refractivity contribution in [2.45, 2.75) is 11.8 Å². The predicted molar refractivity (Wildman–Crippen MR) is 44.1 cm³/mol. The van der Waals surface area contributed by atoms with Gasteiger partial charge in [-0.2, -0.15) is 0 Å². The van der Waals surface area contributed by atoms with Gasteiger partial charge in [-0.1, -0.05) is 0 Å². The molecular formula is C7H5ClF2O2S. The van der Waals surface area contributed by atoms with Gasteiger partial charge in [0.05, 0.1) is 4.90 Å². The molecule has 0 saturated heterocycles. The first-order chi connectivity index (χ1) is 5.82. The van der Waals surface area contributed by atoms with Crippen LogP contribution >= 0.6 is 10.7 Å². The molecule has 0 spiro atoms. The lowest BCUT2D eigenvalue weighted by Gasteiger charge is -2.00. The summed E-state index contributed by atoms with van der Waals surface area (Å²) in [7, 11) is 0.821. The summed E-state index contributed by atoms with van der Waals surface area (Å²) in [4.78, 5) is -0.574. The summed E-state index contributed by atoms with van der Waals surface area (Å²) in [6.45, 7) is 1.20. The molecule has 0 bridgehead atoms. The van der Waals surface area contributed by atoms with E-state index in [-0.39, 0.29) is 5.56 Å². The third-order valence-electron chi connectivity index (χ3n) is 1.54. The molecule has 2 nitrogen and oxygen atoms in total. The second-order valence-corrected chi connectivity index (χ2v) is 5.02. The zero-order valence-corrected chi connectivity index (χ0v) is 8.09. The third-order valence-corrected chi connectivity index (χ3v) is 2.87. The molecule has 72 valence electrons. The fourth-order valence-corrected chi connectivity index (χ4v) is 1.52. The number of hydrogen-bond acceptors (Lipinski definition) is 2. The van der Waals surface area contributed by atoms with Gasteiger partial charge in [-0.25, -0.2) is 17.2 Å². The molecule has 0 radical (unpaired) electrons. The Hall–Kier alpha value is -0.680. The van der Waals surface area contributed by atoms with Crippen molar-refractivity contribution in [1.29, 1.82) is 0 Å². The van der Waals surface area contributed by atoms with Crippen LogP contribution in [0.5, 0.6) is 0 Å². The summed E-state index contributed by atoms with van der Waals surface area (Å²) < 4.78 is 47.0. The Kier molecular flexibility index (Phi) is 2.58. The quantitative estimate of drug-likeness (QED) is 0.688. The molecule has 0 N–H and O–H groups in total. The Morgan fingerprint density at radius 1 is 1.23 bits per heavy atom. The molecule has 0 unspecified atom stereocenters. The van der Waals surface area contributed by atoms with Crippen LogP contribution in [0.1, 0.15) is 5.56 Å². The van der Waals surface area contributed by atoms with E-state index in [0.717, 1.165) is 0 Å². The standard InChI is InChI=1S/C7H5ClF2O2S/c1-4-6(9)2-5(3-7(4)10)13(8,11)12/h2-3H,1H3. The van der Waals surface area contributed by atoms with Gasteiger partial charge in [0.1, 0.15) is 11.6 Å². The van der Waals surface area contributed by atoms with Gasteiger partial charge in [0.25, 0.3) is 9.05 Å². The van der Waals surface area contributed by atoms with Crippen molar-refractivity contribution in [2.75, 3.05) is 0 Å². The first-order valence-electron chi connectivity index (χ1n) is 3.22. The summed E-state index contributed by atoms with van der Waals surface area (Å²) in [5.74, 6) is -1.86. The molecule has 1 aromatic carbocycles. The van der Waals surface area contributed by atoms with Crippen molar-refractivity contribution in [2.24, 2.45) is 0 Å². The highest BCUT2D eigenvalue weighted by Crippen LogP contribution is 2.20. The molecule has 0 atom stereocenters. The zero-order chi connectivity index (χ0) is 10.2. The second-order valence-electron chi connectivity index (χ2n) is 2.45. The Labute approximate surface area is 78.6 Å². The van der Waals surface area contributed by atoms with Gasteiger partial charge in [0.2, 0.25) is 0 Å².